The Labute approximate surface area is 165 Å². The molecular formula is C21H20IPPd. The molecule has 3 aromatic rings. The Kier molecular flexibility index (Phi) is 9.55. The van der Waals surface area contributed by atoms with Crippen LogP contribution < -0.4 is 15.9 Å². The first-order valence-electron chi connectivity index (χ1n) is 7.56. The fourth-order valence-electron chi connectivity index (χ4n) is 2.21. The second-order valence-electron chi connectivity index (χ2n) is 4.84. The molecule has 0 aromatic heterocycles. The summed E-state index contributed by atoms with van der Waals surface area (Å²) < 4.78 is 0. The normalized spacial score (nSPS) is 10.1. The Morgan fingerprint density at radius 3 is 1.25 bits per heavy atom. The zero-order valence-electron chi connectivity index (χ0n) is 13.3. The van der Waals surface area contributed by atoms with E-state index in [0.717, 1.165) is 14.4 Å². The van der Waals surface area contributed by atoms with Crippen LogP contribution >= 0.6 is 27.4 Å². The number of allylic oxidation sites excluding steroid dienone is 1. The number of benzene rings is 3. The zero-order chi connectivity index (χ0) is 17.0. The molecule has 0 atom stereocenters. The summed E-state index contributed by atoms with van der Waals surface area (Å²) in [7, 11) is -0.446. The minimum Gasteiger partial charge on any atom is -0.0622 e. The van der Waals surface area contributed by atoms with E-state index in [2.05, 4.69) is 117 Å². The van der Waals surface area contributed by atoms with E-state index in [4.69, 9.17) is 0 Å². The van der Waals surface area contributed by atoms with E-state index in [9.17, 15) is 0 Å². The first kappa shape index (κ1) is 19.5. The molecule has 0 aliphatic rings. The number of hydrogen-bond acceptors (Lipinski definition) is 0. The minimum atomic E-state index is -0.446. The van der Waals surface area contributed by atoms with Crippen LogP contribution in [0, 0.1) is 0 Å². The number of halogens is 1. The van der Waals surface area contributed by atoms with Gasteiger partial charge in [0.25, 0.3) is 0 Å². The van der Waals surface area contributed by atoms with E-state index in [1.165, 1.54) is 20.8 Å². The van der Waals surface area contributed by atoms with Crippen molar-refractivity contribution in [1.82, 2.24) is 0 Å². The first-order valence-corrected chi connectivity index (χ1v) is 14.6. The molecule has 0 radical (unpaired) electrons. The van der Waals surface area contributed by atoms with Gasteiger partial charge in [0.1, 0.15) is 0 Å². The van der Waals surface area contributed by atoms with Gasteiger partial charge in [0.2, 0.25) is 0 Å². The Morgan fingerprint density at radius 2 is 1.04 bits per heavy atom. The predicted octanol–water partition coefficient (Wildman–Crippen LogP) is 5.47. The largest absolute Gasteiger partial charge is 0.0622 e. The topological polar surface area (TPSA) is 0 Å². The van der Waals surface area contributed by atoms with Crippen molar-refractivity contribution in [2.45, 2.75) is 4.89 Å². The summed E-state index contributed by atoms with van der Waals surface area (Å²) >= 11 is 3.23. The van der Waals surface area contributed by atoms with Gasteiger partial charge >= 0.3 is 51.4 Å². The fraction of sp³-hybridized carbons (Fsp3) is 0.0476. The fourth-order valence-corrected chi connectivity index (χ4v) is 5.85. The van der Waals surface area contributed by atoms with E-state index < -0.39 is 7.92 Å². The molecule has 0 saturated heterocycles. The van der Waals surface area contributed by atoms with Crippen molar-refractivity contribution in [2.75, 3.05) is 0 Å². The van der Waals surface area contributed by atoms with Gasteiger partial charge in [-0.15, -0.1) is 0 Å². The molecule has 0 saturated carbocycles. The van der Waals surface area contributed by atoms with Gasteiger partial charge in [0.05, 0.1) is 0 Å². The summed E-state index contributed by atoms with van der Waals surface area (Å²) in [5, 5.41) is 4.19. The van der Waals surface area contributed by atoms with Crippen LogP contribution in [0.4, 0.5) is 0 Å². The van der Waals surface area contributed by atoms with Crippen LogP contribution in [-0.2, 0) is 14.4 Å². The van der Waals surface area contributed by atoms with Crippen molar-refractivity contribution in [3.63, 3.8) is 0 Å². The van der Waals surface area contributed by atoms with Gasteiger partial charge in [0.15, 0.2) is 0 Å². The van der Waals surface area contributed by atoms with Crippen LogP contribution in [0.5, 0.6) is 0 Å². The molecule has 3 aromatic carbocycles. The minimum absolute atomic E-state index is 0.446. The second kappa shape index (κ2) is 11.7. The predicted molar refractivity (Wildman–Crippen MR) is 114 cm³/mol. The van der Waals surface area contributed by atoms with Gasteiger partial charge in [-0.2, -0.15) is 0 Å². The van der Waals surface area contributed by atoms with Crippen LogP contribution in [0.2, 0.25) is 4.89 Å². The first-order chi connectivity index (χ1) is 11.9. The standard InChI is InChI=1S/C18H15P.C3H5.HI.Pd/c1-4-10-16(11-5-1)19(17-12-6-2-7-13-17)18-14-8-3-9-15-18;1-3-2;;/h1-15H;3H,1-2H2;1H;/q;;;+1/p-1. The van der Waals surface area contributed by atoms with Gasteiger partial charge in [-0.05, 0) is 23.8 Å². The summed E-state index contributed by atoms with van der Waals surface area (Å²) in [4.78, 5) is 1.19. The monoisotopic (exact) mass is 536 g/mol. The molecule has 0 fully saturated rings. The van der Waals surface area contributed by atoms with Crippen molar-refractivity contribution < 1.29 is 14.4 Å². The Hall–Kier alpha value is -0.778. The molecule has 0 bridgehead atoms. The third kappa shape index (κ3) is 6.26. The van der Waals surface area contributed by atoms with Crippen molar-refractivity contribution in [2.24, 2.45) is 0 Å². The van der Waals surface area contributed by atoms with E-state index in [1.807, 2.05) is 6.08 Å². The van der Waals surface area contributed by atoms with Gasteiger partial charge in [-0.3, -0.25) is 0 Å². The van der Waals surface area contributed by atoms with E-state index in [1.54, 1.807) is 0 Å². The van der Waals surface area contributed by atoms with Crippen LogP contribution in [0.25, 0.3) is 0 Å². The van der Waals surface area contributed by atoms with Crippen molar-refractivity contribution in [3.05, 3.63) is 104 Å². The van der Waals surface area contributed by atoms with Crippen LogP contribution in [0.15, 0.2) is 104 Å². The van der Waals surface area contributed by atoms with E-state index in [0.29, 0.717) is 0 Å². The molecule has 0 unspecified atom stereocenters. The van der Waals surface area contributed by atoms with Gasteiger partial charge in [-0.1, -0.05) is 91.0 Å². The van der Waals surface area contributed by atoms with Crippen molar-refractivity contribution in [1.29, 1.82) is 0 Å². The molecule has 0 N–H and O–H groups in total. The van der Waals surface area contributed by atoms with Crippen LogP contribution in [0.3, 0.4) is 0 Å². The van der Waals surface area contributed by atoms with Crippen LogP contribution in [0.1, 0.15) is 0 Å². The summed E-state index contributed by atoms with van der Waals surface area (Å²) in [6, 6.07) is 32.3. The maximum atomic E-state index is 3.56. The Balaban J connectivity index is 0.000000368. The van der Waals surface area contributed by atoms with E-state index >= 15 is 0 Å². The van der Waals surface area contributed by atoms with Gasteiger partial charge in [-0.25, -0.2) is 0 Å². The molecule has 3 rings (SSSR count). The molecule has 0 nitrogen and oxygen atoms in total. The quantitative estimate of drug-likeness (QED) is 0.176. The maximum absolute atomic E-state index is 3.56. The molecule has 0 amide bonds. The molecule has 24 heavy (non-hydrogen) atoms. The number of rotatable bonds is 5. The molecule has 0 spiro atoms. The smallest absolute Gasteiger partial charge is 0.0134 e. The van der Waals surface area contributed by atoms with Gasteiger partial charge in [0, 0.05) is 0 Å². The summed E-state index contributed by atoms with van der Waals surface area (Å²) in [6.45, 7) is 3.56. The Bertz CT molecular complexity index is 608. The summed E-state index contributed by atoms with van der Waals surface area (Å²) in [6.07, 6.45) is 1.95. The van der Waals surface area contributed by atoms with Crippen molar-refractivity contribution in [3.8, 4) is 0 Å². The summed E-state index contributed by atoms with van der Waals surface area (Å²) in [5.41, 5.74) is 0. The third-order valence-corrected chi connectivity index (χ3v) is 7.96. The average molecular weight is 537 g/mol. The SMILES string of the molecule is C=C[CH2][Pd][I].c1ccc(P(c2ccccc2)c2ccccc2)cc1. The average Bonchev–Trinajstić information content (AvgIpc) is 2.66. The van der Waals surface area contributed by atoms with Gasteiger partial charge < -0.3 is 0 Å². The van der Waals surface area contributed by atoms with Crippen LogP contribution in [-0.4, -0.2) is 0 Å². The number of hydrogen-bond donors (Lipinski definition) is 0. The van der Waals surface area contributed by atoms with Crippen molar-refractivity contribution >= 4 is 43.3 Å². The molecule has 0 aliphatic heterocycles. The molecule has 0 heterocycles. The van der Waals surface area contributed by atoms with E-state index in [-0.39, 0.29) is 0 Å². The second-order valence-corrected chi connectivity index (χ2v) is 11.0. The molecule has 0 aliphatic carbocycles. The summed E-state index contributed by atoms with van der Waals surface area (Å²) in [5.74, 6) is 0. The molecular weight excluding hydrogens is 517 g/mol. The molecule has 126 valence electrons. The Morgan fingerprint density at radius 1 is 0.708 bits per heavy atom. The zero-order valence-corrected chi connectivity index (χ0v) is 17.9. The molecule has 3 heteroatoms. The maximum Gasteiger partial charge on any atom is -0.0134 e. The third-order valence-electron chi connectivity index (χ3n) is 3.18.